The topological polar surface area (TPSA) is 83.7 Å². The van der Waals surface area contributed by atoms with Crippen molar-refractivity contribution in [2.24, 2.45) is 0 Å². The summed E-state index contributed by atoms with van der Waals surface area (Å²) < 4.78 is 1.77. The number of nitro groups is 1. The molecule has 1 heterocycles. The summed E-state index contributed by atoms with van der Waals surface area (Å²) in [6.07, 6.45) is 4.20. The highest BCUT2D eigenvalue weighted by Gasteiger charge is 2.28. The van der Waals surface area contributed by atoms with Crippen LogP contribution in [0.15, 0.2) is 47.8 Å². The lowest BCUT2D eigenvalue weighted by molar-refractivity contribution is -0.384. The summed E-state index contributed by atoms with van der Waals surface area (Å²) in [5.41, 5.74) is 1.76. The Morgan fingerprint density at radius 2 is 2.05 bits per heavy atom. The number of hydrogen-bond donors (Lipinski definition) is 1. The smallest absolute Gasteiger partial charge is 0.334 e. The van der Waals surface area contributed by atoms with Crippen LogP contribution < -0.4 is 0 Å². The van der Waals surface area contributed by atoms with Crippen molar-refractivity contribution in [2.75, 3.05) is 0 Å². The SMILES string of the molecule is CCC1=C(C(=O)O)C(c2ccc([N+](=O)[O-])cc2)C=CN1I. The maximum Gasteiger partial charge on any atom is 0.334 e. The summed E-state index contributed by atoms with van der Waals surface area (Å²) in [4.78, 5) is 21.8. The van der Waals surface area contributed by atoms with E-state index in [1.54, 1.807) is 21.3 Å². The Balaban J connectivity index is 2.46. The molecule has 0 saturated heterocycles. The highest BCUT2D eigenvalue weighted by molar-refractivity contribution is 14.1. The summed E-state index contributed by atoms with van der Waals surface area (Å²) in [7, 11) is 0. The molecule has 0 radical (unpaired) electrons. The van der Waals surface area contributed by atoms with E-state index in [1.807, 2.05) is 36.0 Å². The van der Waals surface area contributed by atoms with E-state index < -0.39 is 16.8 Å². The number of nitro benzene ring substituents is 1. The average molecular weight is 400 g/mol. The van der Waals surface area contributed by atoms with Crippen LogP contribution >= 0.6 is 22.9 Å². The van der Waals surface area contributed by atoms with Gasteiger partial charge in [-0.15, -0.1) is 0 Å². The quantitative estimate of drug-likeness (QED) is 0.361. The first-order chi connectivity index (χ1) is 9.95. The lowest BCUT2D eigenvalue weighted by Gasteiger charge is -2.27. The van der Waals surface area contributed by atoms with E-state index in [1.165, 1.54) is 12.1 Å². The highest BCUT2D eigenvalue weighted by Crippen LogP contribution is 2.36. The predicted molar refractivity (Wildman–Crippen MR) is 85.8 cm³/mol. The van der Waals surface area contributed by atoms with Crippen LogP contribution in [0.25, 0.3) is 0 Å². The molecule has 1 aliphatic heterocycles. The molecule has 110 valence electrons. The third-order valence-electron chi connectivity index (χ3n) is 3.32. The number of carbonyl (C=O) groups is 1. The van der Waals surface area contributed by atoms with E-state index in [9.17, 15) is 20.0 Å². The number of aliphatic carboxylic acids is 1. The largest absolute Gasteiger partial charge is 0.478 e. The molecule has 0 amide bonds. The van der Waals surface area contributed by atoms with Gasteiger partial charge in [0.1, 0.15) is 0 Å². The van der Waals surface area contributed by atoms with Crippen molar-refractivity contribution in [1.29, 1.82) is 0 Å². The summed E-state index contributed by atoms with van der Waals surface area (Å²) in [6.45, 7) is 1.90. The van der Waals surface area contributed by atoms with Crippen LogP contribution in [0.4, 0.5) is 5.69 Å². The normalized spacial score (nSPS) is 18.0. The molecule has 0 spiro atoms. The lowest BCUT2D eigenvalue weighted by Crippen LogP contribution is -2.21. The number of non-ortho nitro benzene ring substituents is 1. The van der Waals surface area contributed by atoms with Gasteiger partial charge < -0.3 is 5.11 Å². The summed E-state index contributed by atoms with van der Waals surface area (Å²) in [5.74, 6) is -1.37. The molecule has 1 aromatic rings. The second kappa shape index (κ2) is 6.25. The summed E-state index contributed by atoms with van der Waals surface area (Å²) in [5, 5.41) is 20.2. The number of nitrogens with zero attached hydrogens (tertiary/aromatic N) is 2. The Bertz CT molecular complexity index is 637. The van der Waals surface area contributed by atoms with Crippen LogP contribution in [0.5, 0.6) is 0 Å². The zero-order valence-corrected chi connectivity index (χ0v) is 13.4. The number of halogens is 1. The van der Waals surface area contributed by atoms with Gasteiger partial charge in [-0.25, -0.2) is 4.79 Å². The minimum Gasteiger partial charge on any atom is -0.478 e. The van der Waals surface area contributed by atoms with Crippen LogP contribution in [0.2, 0.25) is 0 Å². The number of hydrogen-bond acceptors (Lipinski definition) is 4. The fraction of sp³-hybridized carbons (Fsp3) is 0.214. The molecule has 0 bridgehead atoms. The number of carboxylic acids is 1. The van der Waals surface area contributed by atoms with Gasteiger partial charge in [0.05, 0.1) is 33.4 Å². The van der Waals surface area contributed by atoms with Gasteiger partial charge in [0.2, 0.25) is 0 Å². The van der Waals surface area contributed by atoms with Gasteiger partial charge >= 0.3 is 5.97 Å². The van der Waals surface area contributed by atoms with E-state index in [0.29, 0.717) is 12.0 Å². The number of carboxylic acid groups (broad SMARTS) is 1. The molecule has 1 aromatic carbocycles. The van der Waals surface area contributed by atoms with Gasteiger partial charge in [-0.2, -0.15) is 0 Å². The first-order valence-corrected chi connectivity index (χ1v) is 7.26. The van der Waals surface area contributed by atoms with Crippen LogP contribution in [-0.4, -0.2) is 19.1 Å². The fourth-order valence-corrected chi connectivity index (χ4v) is 3.11. The molecule has 0 fully saturated rings. The second-order valence-corrected chi connectivity index (χ2v) is 5.54. The Labute approximate surface area is 135 Å². The van der Waals surface area contributed by atoms with E-state index in [0.717, 1.165) is 11.3 Å². The molecule has 0 aromatic heterocycles. The molecule has 1 aliphatic rings. The van der Waals surface area contributed by atoms with Crippen molar-refractivity contribution in [3.63, 3.8) is 0 Å². The van der Waals surface area contributed by atoms with Gasteiger partial charge in [0.15, 0.2) is 0 Å². The third kappa shape index (κ3) is 3.07. The van der Waals surface area contributed by atoms with Gasteiger partial charge in [-0.1, -0.05) is 25.1 Å². The fourth-order valence-electron chi connectivity index (χ4n) is 2.32. The van der Waals surface area contributed by atoms with Gasteiger partial charge in [-0.05, 0) is 12.0 Å². The average Bonchev–Trinajstić information content (AvgIpc) is 2.46. The Hall–Kier alpha value is -1.90. The monoisotopic (exact) mass is 400 g/mol. The minimum absolute atomic E-state index is 0.00868. The number of allylic oxidation sites excluding steroid dienone is 2. The van der Waals surface area contributed by atoms with E-state index in [4.69, 9.17) is 0 Å². The first-order valence-electron chi connectivity index (χ1n) is 6.29. The van der Waals surface area contributed by atoms with E-state index in [2.05, 4.69) is 0 Å². The Morgan fingerprint density at radius 3 is 2.52 bits per heavy atom. The van der Waals surface area contributed by atoms with Crippen molar-refractivity contribution < 1.29 is 14.8 Å². The molecule has 1 N–H and O–H groups in total. The van der Waals surface area contributed by atoms with Crippen LogP contribution in [0, 0.1) is 10.1 Å². The van der Waals surface area contributed by atoms with Crippen molar-refractivity contribution in [1.82, 2.24) is 3.11 Å². The Kier molecular flexibility index (Phi) is 4.61. The highest BCUT2D eigenvalue weighted by atomic mass is 127. The number of rotatable bonds is 4. The summed E-state index contributed by atoms with van der Waals surface area (Å²) in [6, 6.07) is 5.99. The molecule has 2 rings (SSSR count). The Morgan fingerprint density at radius 1 is 1.43 bits per heavy atom. The lowest BCUT2D eigenvalue weighted by atomic mass is 9.87. The molecular weight excluding hydrogens is 387 g/mol. The third-order valence-corrected chi connectivity index (χ3v) is 4.22. The maximum atomic E-state index is 11.6. The zero-order valence-electron chi connectivity index (χ0n) is 11.2. The van der Waals surface area contributed by atoms with Crippen molar-refractivity contribution >= 4 is 34.5 Å². The zero-order chi connectivity index (χ0) is 15.6. The molecule has 7 heteroatoms. The summed E-state index contributed by atoms with van der Waals surface area (Å²) >= 11 is 2.05. The molecule has 0 saturated carbocycles. The van der Waals surface area contributed by atoms with Crippen molar-refractivity contribution in [3.8, 4) is 0 Å². The van der Waals surface area contributed by atoms with Crippen LogP contribution in [-0.2, 0) is 4.79 Å². The molecule has 1 unspecified atom stereocenters. The standard InChI is InChI=1S/C14H13IN2O4/c1-2-12-13(14(18)19)11(7-8-16(12)15)9-3-5-10(6-4-9)17(20)21/h3-8,11H,2H2,1H3,(H,18,19). The maximum absolute atomic E-state index is 11.6. The van der Waals surface area contributed by atoms with E-state index in [-0.39, 0.29) is 5.69 Å². The molecule has 21 heavy (non-hydrogen) atoms. The minimum atomic E-state index is -0.971. The van der Waals surface area contributed by atoms with Crippen LogP contribution in [0.1, 0.15) is 24.8 Å². The van der Waals surface area contributed by atoms with Crippen molar-refractivity contribution in [2.45, 2.75) is 19.3 Å². The number of benzene rings is 1. The molecular formula is C14H13IN2O4. The first kappa shape index (κ1) is 15.5. The van der Waals surface area contributed by atoms with Gasteiger partial charge in [-0.3, -0.25) is 13.2 Å². The van der Waals surface area contributed by atoms with E-state index >= 15 is 0 Å². The van der Waals surface area contributed by atoms with Crippen molar-refractivity contribution in [3.05, 3.63) is 63.5 Å². The molecule has 1 atom stereocenters. The predicted octanol–water partition coefficient (Wildman–Crippen LogP) is 3.61. The molecule has 6 nitrogen and oxygen atoms in total. The molecule has 0 aliphatic carbocycles. The second-order valence-electron chi connectivity index (χ2n) is 4.50. The van der Waals surface area contributed by atoms with Gasteiger partial charge in [0.25, 0.3) is 5.69 Å². The van der Waals surface area contributed by atoms with Crippen LogP contribution in [0.3, 0.4) is 0 Å². The van der Waals surface area contributed by atoms with Gasteiger partial charge in [0, 0.05) is 29.9 Å².